The summed E-state index contributed by atoms with van der Waals surface area (Å²) in [4.78, 5) is 11.5. The summed E-state index contributed by atoms with van der Waals surface area (Å²) in [5.41, 5.74) is 7.22. The van der Waals surface area contributed by atoms with Gasteiger partial charge in [0.2, 0.25) is 11.8 Å². The highest BCUT2D eigenvalue weighted by Gasteiger charge is 2.11. The number of nitrogens with one attached hydrogen (secondary N) is 2. The van der Waals surface area contributed by atoms with Crippen molar-refractivity contribution in [3.05, 3.63) is 41.1 Å². The highest BCUT2D eigenvalue weighted by molar-refractivity contribution is 5.78. The Morgan fingerprint density at radius 3 is 2.48 bits per heavy atom. The van der Waals surface area contributed by atoms with Crippen LogP contribution in [0.1, 0.15) is 43.5 Å². The lowest BCUT2D eigenvalue weighted by Crippen LogP contribution is -2.27. The molecule has 0 aliphatic heterocycles. The lowest BCUT2D eigenvalue weighted by atomic mass is 10.1. The van der Waals surface area contributed by atoms with Crippen LogP contribution in [-0.2, 0) is 0 Å². The summed E-state index contributed by atoms with van der Waals surface area (Å²) >= 11 is 0. The molecule has 0 fully saturated rings. The number of hydrogen-bond acceptors (Lipinski definition) is 7. The van der Waals surface area contributed by atoms with Crippen molar-refractivity contribution in [2.45, 2.75) is 40.5 Å². The number of anilines is 2. The number of ether oxygens (including phenoxy) is 1. The first-order valence-corrected chi connectivity index (χ1v) is 10.3. The molecule has 2 rings (SSSR count). The zero-order valence-corrected chi connectivity index (χ0v) is 18.3. The number of likely N-dealkylation sites (N-methyl/N-ethyl adjacent to an activating group) is 1. The van der Waals surface area contributed by atoms with Crippen LogP contribution in [0.25, 0.3) is 0 Å². The Bertz CT molecular complexity index is 787. The van der Waals surface area contributed by atoms with Crippen molar-refractivity contribution < 1.29 is 4.74 Å². The molecule has 0 amide bonds. The van der Waals surface area contributed by atoms with Gasteiger partial charge in [-0.05, 0) is 57.0 Å². The fourth-order valence-electron chi connectivity index (χ4n) is 2.80. The van der Waals surface area contributed by atoms with Crippen LogP contribution in [0, 0.1) is 13.8 Å². The Labute approximate surface area is 174 Å². The molecule has 1 aromatic heterocycles. The Hall–Kier alpha value is -2.67. The Morgan fingerprint density at radius 1 is 1.07 bits per heavy atom. The molecule has 0 aliphatic rings. The maximum Gasteiger partial charge on any atom is 0.229 e. The topological polar surface area (TPSA) is 74.7 Å². The monoisotopic (exact) mass is 398 g/mol. The quantitative estimate of drug-likeness (QED) is 0.322. The zero-order valence-electron chi connectivity index (χ0n) is 18.3. The second-order valence-electron chi connectivity index (χ2n) is 7.04. The molecule has 0 unspecified atom stereocenters. The van der Waals surface area contributed by atoms with E-state index in [0.717, 1.165) is 38.2 Å². The summed E-state index contributed by atoms with van der Waals surface area (Å²) in [5, 5.41) is 7.44. The molecule has 1 heterocycles. The Balaban J connectivity index is 2.21. The molecule has 1 aromatic carbocycles. The van der Waals surface area contributed by atoms with Gasteiger partial charge in [-0.1, -0.05) is 19.9 Å². The first-order valence-electron chi connectivity index (χ1n) is 10.3. The molecule has 29 heavy (non-hydrogen) atoms. The lowest BCUT2D eigenvalue weighted by Gasteiger charge is -2.22. The third kappa shape index (κ3) is 7.34. The molecule has 2 N–H and O–H groups in total. The molecule has 7 heteroatoms. The summed E-state index contributed by atoms with van der Waals surface area (Å²) in [6.07, 6.45) is 3.78. The van der Waals surface area contributed by atoms with Crippen molar-refractivity contribution in [1.29, 1.82) is 0 Å². The van der Waals surface area contributed by atoms with Crippen molar-refractivity contribution in [2.24, 2.45) is 5.10 Å². The van der Waals surface area contributed by atoms with Gasteiger partial charge in [0.15, 0.2) is 0 Å². The molecule has 0 spiro atoms. The van der Waals surface area contributed by atoms with Crippen LogP contribution >= 0.6 is 0 Å². The number of hydrazone groups is 1. The van der Waals surface area contributed by atoms with Crippen LogP contribution in [0.15, 0.2) is 29.4 Å². The van der Waals surface area contributed by atoms with E-state index in [2.05, 4.69) is 65.6 Å². The van der Waals surface area contributed by atoms with Gasteiger partial charge in [-0.25, -0.2) is 4.98 Å². The number of hydrogen-bond donors (Lipinski definition) is 2. The summed E-state index contributed by atoms with van der Waals surface area (Å²) in [5.74, 6) is 1.25. The normalized spacial score (nSPS) is 11.1. The summed E-state index contributed by atoms with van der Waals surface area (Å²) in [6, 6.07) is 7.99. The average Bonchev–Trinajstić information content (AvgIpc) is 2.70. The van der Waals surface area contributed by atoms with Crippen molar-refractivity contribution in [3.63, 3.8) is 0 Å². The molecule has 7 nitrogen and oxygen atoms in total. The minimum absolute atomic E-state index is 0.548. The van der Waals surface area contributed by atoms with Gasteiger partial charge in [-0.3, -0.25) is 5.43 Å². The first kappa shape index (κ1) is 22.6. The van der Waals surface area contributed by atoms with Crippen LogP contribution in [0.2, 0.25) is 0 Å². The summed E-state index contributed by atoms with van der Waals surface area (Å²) in [6.45, 7) is 11.6. The van der Waals surface area contributed by atoms with Gasteiger partial charge in [0.1, 0.15) is 6.61 Å². The van der Waals surface area contributed by atoms with Crippen molar-refractivity contribution >= 4 is 17.9 Å². The predicted octanol–water partition coefficient (Wildman–Crippen LogP) is 3.76. The highest BCUT2D eigenvalue weighted by Crippen LogP contribution is 2.17. The van der Waals surface area contributed by atoms with E-state index in [1.165, 1.54) is 11.1 Å². The van der Waals surface area contributed by atoms with E-state index in [4.69, 9.17) is 9.72 Å². The standard InChI is InChI=1S/C22H34N6O/c1-6-11-28(12-7-2)22-25-20(15-21(26-22)29-13-10-23-5)16-24-27-19-9-8-17(3)18(4)14-19/h8-9,14-16,23,27H,6-7,10-13H2,1-5H3/b24-16+. The lowest BCUT2D eigenvalue weighted by molar-refractivity contribution is 0.306. The molecule has 0 bridgehead atoms. The maximum atomic E-state index is 5.81. The third-order valence-corrected chi connectivity index (χ3v) is 4.48. The fourth-order valence-corrected chi connectivity index (χ4v) is 2.80. The molecule has 0 atom stereocenters. The fraction of sp³-hybridized carbons (Fsp3) is 0.500. The van der Waals surface area contributed by atoms with Gasteiger partial charge in [0.25, 0.3) is 0 Å². The number of benzene rings is 1. The molecule has 158 valence electrons. The molecule has 0 saturated heterocycles. The van der Waals surface area contributed by atoms with E-state index in [1.807, 2.05) is 19.2 Å². The van der Waals surface area contributed by atoms with E-state index in [-0.39, 0.29) is 0 Å². The van der Waals surface area contributed by atoms with Crippen LogP contribution in [0.3, 0.4) is 0 Å². The smallest absolute Gasteiger partial charge is 0.229 e. The molecule has 0 aliphatic carbocycles. The van der Waals surface area contributed by atoms with Gasteiger partial charge in [0, 0.05) is 25.7 Å². The number of aromatic nitrogens is 2. The Morgan fingerprint density at radius 2 is 1.83 bits per heavy atom. The average molecular weight is 399 g/mol. The highest BCUT2D eigenvalue weighted by atomic mass is 16.5. The van der Waals surface area contributed by atoms with Crippen LogP contribution in [0.4, 0.5) is 11.6 Å². The minimum atomic E-state index is 0.548. The molecule has 0 radical (unpaired) electrons. The molecule has 2 aromatic rings. The summed E-state index contributed by atoms with van der Waals surface area (Å²) < 4.78 is 5.81. The summed E-state index contributed by atoms with van der Waals surface area (Å²) in [7, 11) is 1.90. The minimum Gasteiger partial charge on any atom is -0.476 e. The zero-order chi connectivity index (χ0) is 21.1. The second-order valence-corrected chi connectivity index (χ2v) is 7.04. The van der Waals surface area contributed by atoms with E-state index in [9.17, 15) is 0 Å². The number of aryl methyl sites for hydroxylation is 2. The van der Waals surface area contributed by atoms with Gasteiger partial charge in [0.05, 0.1) is 17.6 Å². The van der Waals surface area contributed by atoms with Gasteiger partial charge >= 0.3 is 0 Å². The SMILES string of the molecule is CCCN(CCC)c1nc(/C=N/Nc2ccc(C)c(C)c2)cc(OCCNC)n1. The van der Waals surface area contributed by atoms with Crippen LogP contribution < -0.4 is 20.4 Å². The van der Waals surface area contributed by atoms with E-state index >= 15 is 0 Å². The maximum absolute atomic E-state index is 5.81. The third-order valence-electron chi connectivity index (χ3n) is 4.48. The largest absolute Gasteiger partial charge is 0.476 e. The van der Waals surface area contributed by atoms with Crippen molar-refractivity contribution in [2.75, 3.05) is 43.6 Å². The van der Waals surface area contributed by atoms with Crippen molar-refractivity contribution in [1.82, 2.24) is 15.3 Å². The van der Waals surface area contributed by atoms with Gasteiger partial charge in [-0.15, -0.1) is 0 Å². The number of nitrogens with zero attached hydrogens (tertiary/aromatic N) is 4. The van der Waals surface area contributed by atoms with Gasteiger partial charge < -0.3 is 15.0 Å². The molecular weight excluding hydrogens is 364 g/mol. The molecular formula is C22H34N6O. The van der Waals surface area contributed by atoms with E-state index in [0.29, 0.717) is 24.1 Å². The van der Waals surface area contributed by atoms with Crippen LogP contribution in [0.5, 0.6) is 5.88 Å². The Kier molecular flexibility index (Phi) is 9.37. The van der Waals surface area contributed by atoms with Crippen molar-refractivity contribution in [3.8, 4) is 5.88 Å². The van der Waals surface area contributed by atoms with E-state index < -0.39 is 0 Å². The number of rotatable bonds is 12. The second kappa shape index (κ2) is 12.0. The first-order chi connectivity index (χ1) is 14.1. The predicted molar refractivity (Wildman–Crippen MR) is 121 cm³/mol. The van der Waals surface area contributed by atoms with Gasteiger partial charge in [-0.2, -0.15) is 10.1 Å². The van der Waals surface area contributed by atoms with Crippen LogP contribution in [-0.4, -0.2) is 49.5 Å². The van der Waals surface area contributed by atoms with E-state index in [1.54, 1.807) is 6.21 Å². The molecule has 0 saturated carbocycles.